The number of nitriles is 1. The van der Waals surface area contributed by atoms with Crippen LogP contribution in [-0.2, 0) is 0 Å². The number of nitrogens with zero attached hydrogens (tertiary/aromatic N) is 3. The van der Waals surface area contributed by atoms with Gasteiger partial charge in [-0.3, -0.25) is 0 Å². The summed E-state index contributed by atoms with van der Waals surface area (Å²) in [7, 11) is 0. The predicted octanol–water partition coefficient (Wildman–Crippen LogP) is 7.75. The Balaban J connectivity index is 1.66. The third-order valence-electron chi connectivity index (χ3n) is 6.73. The van der Waals surface area contributed by atoms with Crippen molar-refractivity contribution in [2.45, 2.75) is 0 Å². The van der Waals surface area contributed by atoms with E-state index in [1.54, 1.807) is 0 Å². The Hall–Kier alpha value is -4.81. The zero-order chi connectivity index (χ0) is 22.6. The van der Waals surface area contributed by atoms with Crippen LogP contribution in [0.4, 0.5) is 0 Å². The van der Waals surface area contributed by atoms with Crippen LogP contribution in [-0.4, -0.2) is 9.13 Å². The van der Waals surface area contributed by atoms with Crippen molar-refractivity contribution in [2.75, 3.05) is 0 Å². The average molecular weight is 434 g/mol. The topological polar surface area (TPSA) is 33.6 Å². The molecule has 0 saturated heterocycles. The lowest BCUT2D eigenvalue weighted by molar-refractivity contribution is 1.16. The molecule has 0 spiro atoms. The van der Waals surface area contributed by atoms with Gasteiger partial charge in [0.25, 0.3) is 0 Å². The molecule has 3 heteroatoms. The molecule has 0 aliphatic rings. The van der Waals surface area contributed by atoms with Crippen LogP contribution >= 0.6 is 0 Å². The maximum absolute atomic E-state index is 10.3. The summed E-state index contributed by atoms with van der Waals surface area (Å²) >= 11 is 0. The zero-order valence-electron chi connectivity index (χ0n) is 18.3. The van der Waals surface area contributed by atoms with Crippen molar-refractivity contribution >= 4 is 43.6 Å². The van der Waals surface area contributed by atoms with Crippen LogP contribution in [0.5, 0.6) is 0 Å². The molecule has 0 atom stereocenters. The molecule has 3 nitrogen and oxygen atoms in total. The van der Waals surface area contributed by atoms with Gasteiger partial charge in [0.05, 0.1) is 27.6 Å². The molecule has 0 N–H and O–H groups in total. The van der Waals surface area contributed by atoms with E-state index in [2.05, 4.69) is 106 Å². The van der Waals surface area contributed by atoms with Crippen molar-refractivity contribution < 1.29 is 0 Å². The predicted molar refractivity (Wildman–Crippen MR) is 140 cm³/mol. The molecular formula is C31H19N3. The fourth-order valence-corrected chi connectivity index (χ4v) is 5.34. The molecule has 0 bridgehead atoms. The molecule has 0 aliphatic heterocycles. The van der Waals surface area contributed by atoms with Gasteiger partial charge < -0.3 is 9.13 Å². The van der Waals surface area contributed by atoms with Crippen LogP contribution in [0, 0.1) is 11.3 Å². The molecule has 2 heterocycles. The first-order chi connectivity index (χ1) is 16.8. The van der Waals surface area contributed by atoms with Gasteiger partial charge in [0.2, 0.25) is 0 Å². The number of aromatic nitrogens is 2. The molecule has 5 aromatic carbocycles. The average Bonchev–Trinajstić information content (AvgIpc) is 3.42. The van der Waals surface area contributed by atoms with E-state index in [0.29, 0.717) is 5.56 Å². The Kier molecular flexibility index (Phi) is 3.91. The van der Waals surface area contributed by atoms with Gasteiger partial charge in [0.15, 0.2) is 0 Å². The number of hydrogen-bond donors (Lipinski definition) is 0. The maximum atomic E-state index is 10.3. The number of hydrogen-bond acceptors (Lipinski definition) is 1. The molecule has 0 radical (unpaired) electrons. The van der Waals surface area contributed by atoms with Crippen LogP contribution in [0.2, 0.25) is 0 Å². The molecule has 7 aromatic rings. The van der Waals surface area contributed by atoms with E-state index in [1.807, 2.05) is 24.3 Å². The van der Waals surface area contributed by atoms with E-state index in [-0.39, 0.29) is 0 Å². The fourth-order valence-electron chi connectivity index (χ4n) is 5.34. The highest BCUT2D eigenvalue weighted by Crippen LogP contribution is 2.38. The van der Waals surface area contributed by atoms with Gasteiger partial charge in [0, 0.05) is 32.9 Å². The normalized spacial score (nSPS) is 11.5. The lowest BCUT2D eigenvalue weighted by Gasteiger charge is -2.12. The van der Waals surface area contributed by atoms with Crippen LogP contribution in [0.25, 0.3) is 55.0 Å². The summed E-state index contributed by atoms with van der Waals surface area (Å²) in [5.41, 5.74) is 7.03. The van der Waals surface area contributed by atoms with E-state index in [9.17, 15) is 5.26 Å². The van der Waals surface area contributed by atoms with E-state index in [0.717, 1.165) is 44.2 Å². The first kappa shape index (κ1) is 18.7. The Morgan fingerprint density at radius 2 is 0.971 bits per heavy atom. The van der Waals surface area contributed by atoms with Crippen LogP contribution in [0.1, 0.15) is 5.56 Å². The summed E-state index contributed by atoms with van der Waals surface area (Å²) in [6, 6.07) is 42.4. The van der Waals surface area contributed by atoms with Crippen LogP contribution in [0.3, 0.4) is 0 Å². The second-order valence-electron chi connectivity index (χ2n) is 8.56. The minimum Gasteiger partial charge on any atom is -0.309 e. The standard InChI is InChI=1S/C31H19N3/c32-20-21-18-23(33-28-15-7-4-12-24(28)25-13-5-8-16-29(25)33)19-27-26-14-6-9-17-30(26)34(31(21)27)22-10-2-1-3-11-22/h1-19H. The second-order valence-corrected chi connectivity index (χ2v) is 8.56. The van der Waals surface area contributed by atoms with Gasteiger partial charge in [-0.2, -0.15) is 5.26 Å². The first-order valence-corrected chi connectivity index (χ1v) is 11.4. The number of para-hydroxylation sites is 4. The van der Waals surface area contributed by atoms with Crippen molar-refractivity contribution in [1.82, 2.24) is 9.13 Å². The summed E-state index contributed by atoms with van der Waals surface area (Å²) in [6.45, 7) is 0. The van der Waals surface area contributed by atoms with Gasteiger partial charge in [-0.25, -0.2) is 0 Å². The Morgan fingerprint density at radius 3 is 1.56 bits per heavy atom. The minimum atomic E-state index is 0.661. The highest BCUT2D eigenvalue weighted by atomic mass is 15.0. The Bertz CT molecular complexity index is 1860. The Morgan fingerprint density at radius 1 is 0.471 bits per heavy atom. The van der Waals surface area contributed by atoms with Crippen molar-refractivity contribution in [3.63, 3.8) is 0 Å². The number of rotatable bonds is 2. The summed E-state index contributed by atoms with van der Waals surface area (Å²) in [4.78, 5) is 0. The van der Waals surface area contributed by atoms with Gasteiger partial charge in [-0.05, 0) is 42.5 Å². The molecular weight excluding hydrogens is 414 g/mol. The van der Waals surface area contributed by atoms with Crippen molar-refractivity contribution in [3.8, 4) is 17.4 Å². The third kappa shape index (κ3) is 2.51. The molecule has 2 aromatic heterocycles. The van der Waals surface area contributed by atoms with Crippen molar-refractivity contribution in [2.24, 2.45) is 0 Å². The minimum absolute atomic E-state index is 0.661. The molecule has 34 heavy (non-hydrogen) atoms. The Labute approximate surface area is 196 Å². The van der Waals surface area contributed by atoms with E-state index in [4.69, 9.17) is 0 Å². The number of benzene rings is 5. The quantitative estimate of drug-likeness (QED) is 0.274. The van der Waals surface area contributed by atoms with Gasteiger partial charge >= 0.3 is 0 Å². The monoisotopic (exact) mass is 433 g/mol. The summed E-state index contributed by atoms with van der Waals surface area (Å²) in [5, 5.41) is 14.9. The highest BCUT2D eigenvalue weighted by Gasteiger charge is 2.19. The molecule has 0 saturated carbocycles. The van der Waals surface area contributed by atoms with Crippen LogP contribution < -0.4 is 0 Å². The van der Waals surface area contributed by atoms with Gasteiger partial charge in [0.1, 0.15) is 6.07 Å². The lowest BCUT2D eigenvalue weighted by atomic mass is 10.1. The summed E-state index contributed by atoms with van der Waals surface area (Å²) in [6.07, 6.45) is 0. The van der Waals surface area contributed by atoms with Crippen LogP contribution in [0.15, 0.2) is 115 Å². The van der Waals surface area contributed by atoms with Gasteiger partial charge in [-0.1, -0.05) is 72.8 Å². The van der Waals surface area contributed by atoms with E-state index < -0.39 is 0 Å². The SMILES string of the molecule is N#Cc1cc(-n2c3ccccc3c3ccccc32)cc2c3ccccc3n(-c3ccccc3)c12. The second kappa shape index (κ2) is 7.10. The van der Waals surface area contributed by atoms with E-state index >= 15 is 0 Å². The molecule has 7 rings (SSSR count). The lowest BCUT2D eigenvalue weighted by Crippen LogP contribution is -1.98. The smallest absolute Gasteiger partial charge is 0.101 e. The zero-order valence-corrected chi connectivity index (χ0v) is 18.3. The van der Waals surface area contributed by atoms with Crippen molar-refractivity contribution in [3.05, 3.63) is 121 Å². The van der Waals surface area contributed by atoms with E-state index in [1.165, 1.54) is 10.8 Å². The summed E-state index contributed by atoms with van der Waals surface area (Å²) < 4.78 is 4.48. The molecule has 0 fully saturated rings. The molecule has 0 unspecified atom stereocenters. The molecule has 0 aliphatic carbocycles. The summed E-state index contributed by atoms with van der Waals surface area (Å²) in [5.74, 6) is 0. The third-order valence-corrected chi connectivity index (χ3v) is 6.73. The number of fused-ring (bicyclic) bond motifs is 6. The highest BCUT2D eigenvalue weighted by molar-refractivity contribution is 6.13. The molecule has 0 amide bonds. The maximum Gasteiger partial charge on any atom is 0.101 e. The fraction of sp³-hybridized carbons (Fsp3) is 0. The van der Waals surface area contributed by atoms with Gasteiger partial charge in [-0.15, -0.1) is 0 Å². The molecule has 158 valence electrons. The first-order valence-electron chi connectivity index (χ1n) is 11.4. The largest absolute Gasteiger partial charge is 0.309 e. The van der Waals surface area contributed by atoms with Crippen molar-refractivity contribution in [1.29, 1.82) is 5.26 Å².